The Morgan fingerprint density at radius 1 is 1.28 bits per heavy atom. The zero-order valence-electron chi connectivity index (χ0n) is 8.88. The van der Waals surface area contributed by atoms with Gasteiger partial charge >= 0.3 is 5.97 Å². The molecule has 0 spiro atoms. The number of carbonyl (C=O) groups excluding carboxylic acids is 1. The summed E-state index contributed by atoms with van der Waals surface area (Å²) in [6.07, 6.45) is 1.16. The quantitative estimate of drug-likeness (QED) is 0.908. The Bertz CT molecular complexity index is 591. The van der Waals surface area contributed by atoms with Gasteiger partial charge in [0.05, 0.1) is 5.56 Å². The molecular formula is C11H7BrN2O4. The molecule has 0 aliphatic carbocycles. The van der Waals surface area contributed by atoms with Gasteiger partial charge in [-0.1, -0.05) is 0 Å². The second kappa shape index (κ2) is 5.01. The summed E-state index contributed by atoms with van der Waals surface area (Å²) in [4.78, 5) is 26.1. The van der Waals surface area contributed by atoms with Crippen molar-refractivity contribution >= 4 is 33.6 Å². The van der Waals surface area contributed by atoms with E-state index in [9.17, 15) is 9.59 Å². The molecule has 2 N–H and O–H groups in total. The third-order valence-corrected chi connectivity index (χ3v) is 2.48. The van der Waals surface area contributed by atoms with Crippen LogP contribution in [0.3, 0.4) is 0 Å². The van der Waals surface area contributed by atoms with Crippen molar-refractivity contribution in [3.05, 3.63) is 46.5 Å². The Morgan fingerprint density at radius 3 is 2.56 bits per heavy atom. The number of halogens is 1. The summed E-state index contributed by atoms with van der Waals surface area (Å²) in [5.74, 6) is -1.16. The van der Waals surface area contributed by atoms with Gasteiger partial charge in [0.1, 0.15) is 5.82 Å². The van der Waals surface area contributed by atoms with Crippen molar-refractivity contribution in [1.82, 2.24) is 4.98 Å². The monoisotopic (exact) mass is 310 g/mol. The first kappa shape index (κ1) is 12.3. The predicted molar refractivity (Wildman–Crippen MR) is 65.6 cm³/mol. The van der Waals surface area contributed by atoms with E-state index in [1.165, 1.54) is 18.2 Å². The molecule has 0 saturated heterocycles. The lowest BCUT2D eigenvalue weighted by Crippen LogP contribution is -2.12. The largest absolute Gasteiger partial charge is 0.478 e. The molecule has 0 fully saturated rings. The van der Waals surface area contributed by atoms with Gasteiger partial charge in [-0.25, -0.2) is 9.78 Å². The van der Waals surface area contributed by atoms with Gasteiger partial charge in [0.2, 0.25) is 0 Å². The van der Waals surface area contributed by atoms with Crippen molar-refractivity contribution in [3.63, 3.8) is 0 Å². The van der Waals surface area contributed by atoms with Crippen LogP contribution in [0.4, 0.5) is 5.82 Å². The highest BCUT2D eigenvalue weighted by Crippen LogP contribution is 2.15. The highest BCUT2D eigenvalue weighted by atomic mass is 79.9. The van der Waals surface area contributed by atoms with Crippen LogP contribution in [0.15, 0.2) is 39.5 Å². The Kier molecular flexibility index (Phi) is 3.42. The Hall–Kier alpha value is -2.15. The zero-order valence-corrected chi connectivity index (χ0v) is 10.5. The first-order valence-corrected chi connectivity index (χ1v) is 5.61. The molecule has 0 saturated carbocycles. The molecule has 7 heteroatoms. The highest BCUT2D eigenvalue weighted by molar-refractivity contribution is 9.10. The smallest absolute Gasteiger partial charge is 0.337 e. The van der Waals surface area contributed by atoms with Gasteiger partial charge in [0.15, 0.2) is 10.4 Å². The van der Waals surface area contributed by atoms with Crippen LogP contribution >= 0.6 is 15.9 Å². The molecule has 0 atom stereocenters. The number of anilines is 1. The average molecular weight is 311 g/mol. The molecule has 0 aliphatic heterocycles. The van der Waals surface area contributed by atoms with Gasteiger partial charge < -0.3 is 14.8 Å². The fourth-order valence-electron chi connectivity index (χ4n) is 1.21. The number of carboxylic acids is 1. The molecule has 2 rings (SSSR count). The minimum atomic E-state index is -1.07. The minimum absolute atomic E-state index is 0.0498. The van der Waals surface area contributed by atoms with Crippen LogP contribution in [0, 0.1) is 0 Å². The van der Waals surface area contributed by atoms with Crippen LogP contribution in [0.2, 0.25) is 0 Å². The Balaban J connectivity index is 2.10. The van der Waals surface area contributed by atoms with Crippen LogP contribution < -0.4 is 5.32 Å². The number of furan rings is 1. The number of nitrogens with zero attached hydrogens (tertiary/aromatic N) is 1. The van der Waals surface area contributed by atoms with Gasteiger partial charge in [0, 0.05) is 6.20 Å². The summed E-state index contributed by atoms with van der Waals surface area (Å²) in [6, 6.07) is 5.85. The van der Waals surface area contributed by atoms with E-state index in [1.54, 1.807) is 6.07 Å². The number of hydrogen-bond donors (Lipinski definition) is 2. The molecule has 0 bridgehead atoms. The molecule has 0 aliphatic rings. The Labute approximate surface area is 110 Å². The molecule has 18 heavy (non-hydrogen) atoms. The van der Waals surface area contributed by atoms with Crippen molar-refractivity contribution in [1.29, 1.82) is 0 Å². The lowest BCUT2D eigenvalue weighted by Gasteiger charge is -2.02. The summed E-state index contributed by atoms with van der Waals surface area (Å²) in [6.45, 7) is 0. The van der Waals surface area contributed by atoms with Gasteiger partial charge in [0.25, 0.3) is 5.91 Å². The van der Waals surface area contributed by atoms with Crippen molar-refractivity contribution < 1.29 is 19.1 Å². The number of aromatic carboxylic acids is 1. The molecule has 0 aromatic carbocycles. The van der Waals surface area contributed by atoms with E-state index < -0.39 is 11.9 Å². The van der Waals surface area contributed by atoms with E-state index in [0.717, 1.165) is 6.20 Å². The highest BCUT2D eigenvalue weighted by Gasteiger charge is 2.11. The van der Waals surface area contributed by atoms with Crippen LogP contribution in [0.5, 0.6) is 0 Å². The molecule has 2 aromatic heterocycles. The third-order valence-electron chi connectivity index (χ3n) is 2.05. The molecule has 0 unspecified atom stereocenters. The van der Waals surface area contributed by atoms with E-state index in [0.29, 0.717) is 4.67 Å². The van der Waals surface area contributed by atoms with Crippen molar-refractivity contribution in [2.24, 2.45) is 0 Å². The van der Waals surface area contributed by atoms with Gasteiger partial charge in [-0.15, -0.1) is 0 Å². The number of aromatic nitrogens is 1. The van der Waals surface area contributed by atoms with Crippen molar-refractivity contribution in [3.8, 4) is 0 Å². The number of nitrogens with one attached hydrogen (secondary N) is 1. The van der Waals surface area contributed by atoms with Crippen LogP contribution in [0.25, 0.3) is 0 Å². The molecular weight excluding hydrogens is 304 g/mol. The van der Waals surface area contributed by atoms with Gasteiger partial charge in [-0.3, -0.25) is 4.79 Å². The maximum absolute atomic E-state index is 11.7. The second-order valence-corrected chi connectivity index (χ2v) is 4.08. The maximum Gasteiger partial charge on any atom is 0.337 e. The number of carboxylic acid groups (broad SMARTS) is 1. The summed E-state index contributed by atoms with van der Waals surface area (Å²) >= 11 is 3.08. The van der Waals surface area contributed by atoms with Crippen molar-refractivity contribution in [2.45, 2.75) is 0 Å². The summed E-state index contributed by atoms with van der Waals surface area (Å²) in [5, 5.41) is 11.2. The second-order valence-electron chi connectivity index (χ2n) is 3.30. The lowest BCUT2D eigenvalue weighted by atomic mass is 10.3. The predicted octanol–water partition coefficient (Wildman–Crippen LogP) is 2.39. The third kappa shape index (κ3) is 2.75. The van der Waals surface area contributed by atoms with Crippen LogP contribution in [-0.4, -0.2) is 22.0 Å². The number of rotatable bonds is 3. The zero-order chi connectivity index (χ0) is 13.1. The van der Waals surface area contributed by atoms with E-state index in [-0.39, 0.29) is 17.1 Å². The number of amides is 1. The van der Waals surface area contributed by atoms with Gasteiger partial charge in [-0.2, -0.15) is 0 Å². The van der Waals surface area contributed by atoms with Crippen LogP contribution in [0.1, 0.15) is 20.9 Å². The lowest BCUT2D eigenvalue weighted by molar-refractivity contribution is 0.0696. The van der Waals surface area contributed by atoms with Crippen molar-refractivity contribution in [2.75, 3.05) is 5.32 Å². The van der Waals surface area contributed by atoms with E-state index in [4.69, 9.17) is 9.52 Å². The summed E-state index contributed by atoms with van der Waals surface area (Å²) in [5.41, 5.74) is 0.0498. The molecule has 0 radical (unpaired) electrons. The average Bonchev–Trinajstić information content (AvgIpc) is 2.76. The number of hydrogen-bond acceptors (Lipinski definition) is 4. The normalized spacial score (nSPS) is 10.1. The standard InChI is InChI=1S/C11H7BrN2O4/c12-8-3-2-7(18-8)10(15)14-9-4-1-6(5-13-9)11(16)17/h1-5H,(H,16,17)(H,13,14,15). The fourth-order valence-corrected chi connectivity index (χ4v) is 1.52. The number of pyridine rings is 1. The minimum Gasteiger partial charge on any atom is -0.478 e. The molecule has 6 nitrogen and oxygen atoms in total. The fraction of sp³-hybridized carbons (Fsp3) is 0. The van der Waals surface area contributed by atoms with E-state index in [1.807, 2.05) is 0 Å². The van der Waals surface area contributed by atoms with E-state index in [2.05, 4.69) is 26.2 Å². The first-order chi connectivity index (χ1) is 8.56. The summed E-state index contributed by atoms with van der Waals surface area (Å²) in [7, 11) is 0. The topological polar surface area (TPSA) is 92.4 Å². The first-order valence-electron chi connectivity index (χ1n) is 4.82. The maximum atomic E-state index is 11.7. The molecule has 1 amide bonds. The molecule has 2 aromatic rings. The van der Waals surface area contributed by atoms with Crippen LogP contribution in [-0.2, 0) is 0 Å². The summed E-state index contributed by atoms with van der Waals surface area (Å²) < 4.78 is 5.51. The Morgan fingerprint density at radius 2 is 2.06 bits per heavy atom. The van der Waals surface area contributed by atoms with E-state index >= 15 is 0 Å². The molecule has 92 valence electrons. The SMILES string of the molecule is O=C(O)c1ccc(NC(=O)c2ccc(Br)o2)nc1. The van der Waals surface area contributed by atoms with Gasteiger partial charge in [-0.05, 0) is 40.2 Å². The number of carbonyl (C=O) groups is 2. The molecule has 2 heterocycles.